The molecule has 1 heterocycles. The molecule has 0 spiro atoms. The first-order valence-electron chi connectivity index (χ1n) is 6.04. The van der Waals surface area contributed by atoms with Gasteiger partial charge in [0.05, 0.1) is 0 Å². The van der Waals surface area contributed by atoms with Gasteiger partial charge < -0.3 is 5.32 Å². The summed E-state index contributed by atoms with van der Waals surface area (Å²) in [6, 6.07) is 8.19. The van der Waals surface area contributed by atoms with E-state index in [9.17, 15) is 13.6 Å². The summed E-state index contributed by atoms with van der Waals surface area (Å²) in [6.45, 7) is 0. The maximum Gasteiger partial charge on any atom is 0.260 e. The van der Waals surface area contributed by atoms with E-state index in [0.29, 0.717) is 5.56 Å². The van der Waals surface area contributed by atoms with Gasteiger partial charge in [0.15, 0.2) is 0 Å². The average Bonchev–Trinajstić information content (AvgIpc) is 2.87. The number of nitrogens with one attached hydrogen (secondary N) is 2. The highest BCUT2D eigenvalue weighted by atomic mass is 19.3. The number of nitrogens with zero attached hydrogens (tertiary/aromatic N) is 3. The van der Waals surface area contributed by atoms with Crippen LogP contribution in [0.3, 0.4) is 0 Å². The molecule has 1 aromatic heterocycles. The molecule has 1 aliphatic carbocycles. The number of carbonyl (C=O) groups excluding carboxylic acids is 1. The molecule has 1 saturated carbocycles. The first kappa shape index (κ1) is 12.6. The third kappa shape index (κ3) is 2.36. The maximum absolute atomic E-state index is 12.9. The molecule has 8 heteroatoms. The van der Waals surface area contributed by atoms with Crippen molar-refractivity contribution in [2.24, 2.45) is 5.92 Å². The smallest absolute Gasteiger partial charge is 0.260 e. The van der Waals surface area contributed by atoms with Crippen LogP contribution in [-0.4, -0.2) is 32.5 Å². The number of tetrazole rings is 1. The lowest BCUT2D eigenvalue weighted by molar-refractivity contribution is -0.125. The summed E-state index contributed by atoms with van der Waals surface area (Å²) in [5.41, 5.74) is 0.700. The van der Waals surface area contributed by atoms with Gasteiger partial charge in [0, 0.05) is 6.42 Å². The van der Waals surface area contributed by atoms with Gasteiger partial charge >= 0.3 is 0 Å². The molecule has 2 aromatic rings. The third-order valence-corrected chi connectivity index (χ3v) is 3.18. The van der Waals surface area contributed by atoms with E-state index in [1.807, 2.05) is 6.07 Å². The van der Waals surface area contributed by atoms with E-state index in [2.05, 4.69) is 25.9 Å². The van der Waals surface area contributed by atoms with Crippen LogP contribution in [0, 0.1) is 5.92 Å². The van der Waals surface area contributed by atoms with Gasteiger partial charge in [-0.25, -0.2) is 8.78 Å². The van der Waals surface area contributed by atoms with Crippen molar-refractivity contribution in [3.05, 3.63) is 41.7 Å². The number of alkyl halides is 2. The SMILES string of the molecule is O=C(NC(c1ccccc1)c1nn[nH]n1)C1CC1(F)F. The number of amides is 1. The van der Waals surface area contributed by atoms with Crippen molar-refractivity contribution in [1.29, 1.82) is 0 Å². The summed E-state index contributed by atoms with van der Waals surface area (Å²) in [7, 11) is 0. The molecule has 0 radical (unpaired) electrons. The monoisotopic (exact) mass is 279 g/mol. The highest BCUT2D eigenvalue weighted by Gasteiger charge is 2.61. The minimum absolute atomic E-state index is 0.230. The Labute approximate surface area is 112 Å². The van der Waals surface area contributed by atoms with E-state index in [1.165, 1.54) is 0 Å². The van der Waals surface area contributed by atoms with E-state index in [1.54, 1.807) is 24.3 Å². The minimum atomic E-state index is -2.90. The fourth-order valence-electron chi connectivity index (χ4n) is 1.97. The number of halogens is 2. The fourth-order valence-corrected chi connectivity index (χ4v) is 1.97. The van der Waals surface area contributed by atoms with Crippen LogP contribution in [0.4, 0.5) is 8.78 Å². The molecule has 6 nitrogen and oxygen atoms in total. The number of hydrogen-bond donors (Lipinski definition) is 2. The van der Waals surface area contributed by atoms with Gasteiger partial charge in [0.2, 0.25) is 11.7 Å². The van der Waals surface area contributed by atoms with Crippen molar-refractivity contribution < 1.29 is 13.6 Å². The quantitative estimate of drug-likeness (QED) is 0.876. The number of aromatic nitrogens is 4. The molecule has 1 fully saturated rings. The van der Waals surface area contributed by atoms with Crippen molar-refractivity contribution in [3.63, 3.8) is 0 Å². The molecule has 2 unspecified atom stereocenters. The largest absolute Gasteiger partial charge is 0.341 e. The molecule has 1 amide bonds. The van der Waals surface area contributed by atoms with Crippen LogP contribution < -0.4 is 5.32 Å². The number of H-pyrrole nitrogens is 1. The highest BCUT2D eigenvalue weighted by Crippen LogP contribution is 2.48. The molecule has 0 bridgehead atoms. The summed E-state index contributed by atoms with van der Waals surface area (Å²) in [6.07, 6.45) is -0.410. The highest BCUT2D eigenvalue weighted by molar-refractivity contribution is 5.83. The predicted molar refractivity (Wildman–Crippen MR) is 63.7 cm³/mol. The summed E-state index contributed by atoms with van der Waals surface area (Å²) in [5.74, 6) is -4.63. The average molecular weight is 279 g/mol. The van der Waals surface area contributed by atoms with Crippen LogP contribution in [-0.2, 0) is 4.79 Å². The fraction of sp³-hybridized carbons (Fsp3) is 0.333. The van der Waals surface area contributed by atoms with Crippen LogP contribution in [0.1, 0.15) is 23.9 Å². The predicted octanol–water partition coefficient (Wildman–Crippen LogP) is 1.06. The molecule has 2 atom stereocenters. The summed E-state index contributed by atoms with van der Waals surface area (Å²) < 4.78 is 25.9. The van der Waals surface area contributed by atoms with Crippen molar-refractivity contribution in [2.75, 3.05) is 0 Å². The minimum Gasteiger partial charge on any atom is -0.341 e. The lowest BCUT2D eigenvalue weighted by Gasteiger charge is -2.15. The Kier molecular flexibility index (Phi) is 2.92. The van der Waals surface area contributed by atoms with Crippen LogP contribution in [0.25, 0.3) is 0 Å². The van der Waals surface area contributed by atoms with Gasteiger partial charge in [-0.15, -0.1) is 10.2 Å². The molecule has 2 N–H and O–H groups in total. The van der Waals surface area contributed by atoms with Gasteiger partial charge in [-0.3, -0.25) is 4.79 Å². The second-order valence-electron chi connectivity index (χ2n) is 4.64. The van der Waals surface area contributed by atoms with E-state index in [-0.39, 0.29) is 5.82 Å². The van der Waals surface area contributed by atoms with Crippen molar-refractivity contribution >= 4 is 5.91 Å². The topological polar surface area (TPSA) is 83.6 Å². The van der Waals surface area contributed by atoms with E-state index in [0.717, 1.165) is 0 Å². The van der Waals surface area contributed by atoms with Crippen molar-refractivity contribution in [3.8, 4) is 0 Å². The summed E-state index contributed by atoms with van der Waals surface area (Å²) in [5, 5.41) is 15.9. The number of carbonyl (C=O) groups is 1. The Morgan fingerprint density at radius 1 is 1.40 bits per heavy atom. The third-order valence-electron chi connectivity index (χ3n) is 3.18. The number of hydrogen-bond acceptors (Lipinski definition) is 4. The number of rotatable bonds is 4. The number of benzene rings is 1. The van der Waals surface area contributed by atoms with E-state index in [4.69, 9.17) is 0 Å². The van der Waals surface area contributed by atoms with Gasteiger partial charge in [0.25, 0.3) is 5.92 Å². The zero-order chi connectivity index (χ0) is 14.2. The van der Waals surface area contributed by atoms with Gasteiger partial charge in [-0.2, -0.15) is 5.21 Å². The number of aromatic amines is 1. The molecular weight excluding hydrogens is 268 g/mol. The second-order valence-corrected chi connectivity index (χ2v) is 4.64. The van der Waals surface area contributed by atoms with Crippen LogP contribution in [0.2, 0.25) is 0 Å². The molecule has 104 valence electrons. The first-order chi connectivity index (χ1) is 9.58. The molecule has 1 aliphatic rings. The van der Waals surface area contributed by atoms with E-state index < -0.39 is 30.2 Å². The molecule has 0 aliphatic heterocycles. The van der Waals surface area contributed by atoms with Crippen LogP contribution >= 0.6 is 0 Å². The Hall–Kier alpha value is -2.38. The van der Waals surface area contributed by atoms with Crippen LogP contribution in [0.15, 0.2) is 30.3 Å². The molecule has 3 rings (SSSR count). The Morgan fingerprint density at radius 2 is 2.10 bits per heavy atom. The van der Waals surface area contributed by atoms with E-state index >= 15 is 0 Å². The standard InChI is InChI=1S/C12H11F2N5O/c13-12(14)6-8(12)11(20)15-9(10-16-18-19-17-10)7-4-2-1-3-5-7/h1-5,8-9H,6H2,(H,15,20)(H,16,17,18,19). The van der Waals surface area contributed by atoms with Gasteiger partial charge in [-0.05, 0) is 5.56 Å². The zero-order valence-corrected chi connectivity index (χ0v) is 10.3. The molecule has 20 heavy (non-hydrogen) atoms. The van der Waals surface area contributed by atoms with Crippen molar-refractivity contribution in [2.45, 2.75) is 18.4 Å². The summed E-state index contributed by atoms with van der Waals surface area (Å²) >= 11 is 0. The lowest BCUT2D eigenvalue weighted by Crippen LogP contribution is -2.32. The Bertz CT molecular complexity index is 602. The first-order valence-corrected chi connectivity index (χ1v) is 6.04. The zero-order valence-electron chi connectivity index (χ0n) is 10.3. The molecule has 0 saturated heterocycles. The van der Waals surface area contributed by atoms with Gasteiger partial charge in [-0.1, -0.05) is 35.5 Å². The lowest BCUT2D eigenvalue weighted by atomic mass is 10.1. The Morgan fingerprint density at radius 3 is 2.65 bits per heavy atom. The maximum atomic E-state index is 12.9. The van der Waals surface area contributed by atoms with Crippen LogP contribution in [0.5, 0.6) is 0 Å². The molecular formula is C12H11F2N5O. The normalized spacial score (nSPS) is 21.2. The second kappa shape index (κ2) is 4.62. The van der Waals surface area contributed by atoms with Gasteiger partial charge in [0.1, 0.15) is 12.0 Å². The van der Waals surface area contributed by atoms with Crippen molar-refractivity contribution in [1.82, 2.24) is 25.9 Å². The Balaban J connectivity index is 1.82. The molecule has 1 aromatic carbocycles. The summed E-state index contributed by atoms with van der Waals surface area (Å²) in [4.78, 5) is 11.8.